The minimum absolute atomic E-state index is 0.0408. The van der Waals surface area contributed by atoms with E-state index in [1.807, 2.05) is 6.92 Å². The smallest absolute Gasteiger partial charge is 0.409 e. The van der Waals surface area contributed by atoms with Crippen LogP contribution in [-0.4, -0.2) is 25.4 Å². The van der Waals surface area contributed by atoms with E-state index in [4.69, 9.17) is 5.11 Å². The molecule has 0 spiro atoms. The van der Waals surface area contributed by atoms with E-state index in [0.717, 1.165) is 12.8 Å². The van der Waals surface area contributed by atoms with Crippen molar-refractivity contribution in [2.45, 2.75) is 31.1 Å². The fraction of sp³-hybridized carbons (Fsp3) is 0.417. The molecule has 2 N–H and O–H groups in total. The van der Waals surface area contributed by atoms with Crippen molar-refractivity contribution >= 4 is 21.6 Å². The van der Waals surface area contributed by atoms with Gasteiger partial charge >= 0.3 is 6.09 Å². The molecule has 18 heavy (non-hydrogen) atoms. The molecule has 0 aliphatic rings. The number of hydrogen-bond donors (Lipinski definition) is 2. The number of para-hydroxylation sites is 1. The van der Waals surface area contributed by atoms with E-state index in [0.29, 0.717) is 6.42 Å². The number of rotatable bonds is 6. The second-order valence-corrected chi connectivity index (χ2v) is 6.03. The first-order valence-electron chi connectivity index (χ1n) is 5.79. The quantitative estimate of drug-likeness (QED) is 0.779. The molecule has 1 aromatic carbocycles. The van der Waals surface area contributed by atoms with E-state index in [1.165, 1.54) is 12.1 Å². The Balaban J connectivity index is 2.97. The summed E-state index contributed by atoms with van der Waals surface area (Å²) in [5, 5.41) is 10.8. The molecule has 0 atom stereocenters. The van der Waals surface area contributed by atoms with Crippen molar-refractivity contribution in [3.8, 4) is 0 Å². The van der Waals surface area contributed by atoms with Crippen molar-refractivity contribution < 1.29 is 18.3 Å². The first kappa shape index (κ1) is 14.5. The Hall–Kier alpha value is -1.56. The second-order valence-electron chi connectivity index (χ2n) is 3.95. The van der Waals surface area contributed by atoms with Crippen LogP contribution in [0.25, 0.3) is 0 Å². The molecule has 0 bridgehead atoms. The van der Waals surface area contributed by atoms with Crippen LogP contribution in [0, 0.1) is 0 Å². The van der Waals surface area contributed by atoms with Gasteiger partial charge in [-0.15, -0.1) is 0 Å². The number of carbonyl (C=O) groups is 1. The molecule has 0 fully saturated rings. The Morgan fingerprint density at radius 2 is 1.94 bits per heavy atom. The first-order chi connectivity index (χ1) is 8.47. The molecule has 0 saturated heterocycles. The van der Waals surface area contributed by atoms with Crippen molar-refractivity contribution in [3.63, 3.8) is 0 Å². The van der Waals surface area contributed by atoms with Gasteiger partial charge in [-0.1, -0.05) is 31.9 Å². The van der Waals surface area contributed by atoms with E-state index in [2.05, 4.69) is 5.32 Å². The van der Waals surface area contributed by atoms with Crippen LogP contribution in [0.2, 0.25) is 0 Å². The van der Waals surface area contributed by atoms with Gasteiger partial charge in [-0.2, -0.15) is 0 Å². The fourth-order valence-electron chi connectivity index (χ4n) is 1.61. The summed E-state index contributed by atoms with van der Waals surface area (Å²) in [5.41, 5.74) is 0.112. The van der Waals surface area contributed by atoms with Gasteiger partial charge in [0.15, 0.2) is 9.84 Å². The lowest BCUT2D eigenvalue weighted by Gasteiger charge is -2.09. The van der Waals surface area contributed by atoms with Crippen LogP contribution in [0.5, 0.6) is 0 Å². The Bertz CT molecular complexity index is 511. The van der Waals surface area contributed by atoms with E-state index < -0.39 is 15.9 Å². The van der Waals surface area contributed by atoms with Crippen LogP contribution in [0.1, 0.15) is 26.2 Å². The van der Waals surface area contributed by atoms with Gasteiger partial charge in [-0.3, -0.25) is 5.32 Å². The molecule has 0 aromatic heterocycles. The third-order valence-electron chi connectivity index (χ3n) is 2.48. The maximum absolute atomic E-state index is 12.1. The molecular weight excluding hydrogens is 254 g/mol. The Morgan fingerprint density at radius 3 is 2.56 bits per heavy atom. The van der Waals surface area contributed by atoms with Crippen molar-refractivity contribution in [2.24, 2.45) is 0 Å². The van der Waals surface area contributed by atoms with Gasteiger partial charge in [0.25, 0.3) is 0 Å². The predicted molar refractivity (Wildman–Crippen MR) is 69.7 cm³/mol. The molecule has 0 radical (unpaired) electrons. The number of hydrogen-bond acceptors (Lipinski definition) is 3. The summed E-state index contributed by atoms with van der Waals surface area (Å²) in [5.74, 6) is 0.0408. The maximum atomic E-state index is 12.1. The minimum atomic E-state index is -3.43. The van der Waals surface area contributed by atoms with Crippen LogP contribution in [-0.2, 0) is 9.84 Å². The number of nitrogens with one attached hydrogen (secondary N) is 1. The van der Waals surface area contributed by atoms with Gasteiger partial charge in [0.1, 0.15) is 0 Å². The lowest BCUT2D eigenvalue weighted by Crippen LogP contribution is -2.14. The normalized spacial score (nSPS) is 11.2. The summed E-state index contributed by atoms with van der Waals surface area (Å²) >= 11 is 0. The zero-order chi connectivity index (χ0) is 13.6. The van der Waals surface area contributed by atoms with Crippen LogP contribution in [0.3, 0.4) is 0 Å². The van der Waals surface area contributed by atoms with Gasteiger partial charge in [0, 0.05) is 0 Å². The molecule has 0 aliphatic heterocycles. The topological polar surface area (TPSA) is 83.5 Å². The number of carboxylic acid groups (broad SMARTS) is 1. The highest BCUT2D eigenvalue weighted by molar-refractivity contribution is 7.91. The molecule has 6 heteroatoms. The molecule has 1 rings (SSSR count). The highest BCUT2D eigenvalue weighted by Crippen LogP contribution is 2.22. The van der Waals surface area contributed by atoms with Crippen LogP contribution in [0.4, 0.5) is 10.5 Å². The third kappa shape index (κ3) is 4.03. The van der Waals surface area contributed by atoms with Crippen LogP contribution < -0.4 is 5.32 Å². The summed E-state index contributed by atoms with van der Waals surface area (Å²) in [6.07, 6.45) is 1.09. The van der Waals surface area contributed by atoms with Crippen LogP contribution in [0.15, 0.2) is 29.2 Å². The summed E-state index contributed by atoms with van der Waals surface area (Å²) < 4.78 is 24.2. The van der Waals surface area contributed by atoms with Crippen molar-refractivity contribution in [3.05, 3.63) is 24.3 Å². The highest BCUT2D eigenvalue weighted by atomic mass is 32.2. The predicted octanol–water partition coefficient (Wildman–Crippen LogP) is 2.74. The molecule has 0 heterocycles. The summed E-state index contributed by atoms with van der Waals surface area (Å²) in [6, 6.07) is 6.05. The Labute approximate surface area is 107 Å². The zero-order valence-corrected chi connectivity index (χ0v) is 11.0. The molecule has 0 aliphatic carbocycles. The Kier molecular flexibility index (Phi) is 5.15. The van der Waals surface area contributed by atoms with Gasteiger partial charge < -0.3 is 5.11 Å². The number of anilines is 1. The van der Waals surface area contributed by atoms with Crippen molar-refractivity contribution in [1.82, 2.24) is 0 Å². The number of benzene rings is 1. The highest BCUT2D eigenvalue weighted by Gasteiger charge is 2.18. The summed E-state index contributed by atoms with van der Waals surface area (Å²) in [6.45, 7) is 1.99. The molecule has 100 valence electrons. The SMILES string of the molecule is CCCCCS(=O)(=O)c1ccccc1NC(=O)O. The van der Waals surface area contributed by atoms with Gasteiger partial charge in [-0.25, -0.2) is 13.2 Å². The average Bonchev–Trinajstić information content (AvgIpc) is 2.29. The lowest BCUT2D eigenvalue weighted by molar-refractivity contribution is 0.209. The van der Waals surface area contributed by atoms with Crippen LogP contribution >= 0.6 is 0 Å². The average molecular weight is 271 g/mol. The zero-order valence-electron chi connectivity index (χ0n) is 10.2. The molecule has 5 nitrogen and oxygen atoms in total. The van der Waals surface area contributed by atoms with Gasteiger partial charge in [0.2, 0.25) is 0 Å². The molecular formula is C12H17NO4S. The Morgan fingerprint density at radius 1 is 1.28 bits per heavy atom. The van der Waals surface area contributed by atoms with Gasteiger partial charge in [-0.05, 0) is 18.6 Å². The molecule has 1 amide bonds. The fourth-order valence-corrected chi connectivity index (χ4v) is 3.15. The van der Waals surface area contributed by atoms with E-state index in [9.17, 15) is 13.2 Å². The minimum Gasteiger partial charge on any atom is -0.465 e. The molecule has 0 saturated carbocycles. The molecule has 0 unspecified atom stereocenters. The summed E-state index contributed by atoms with van der Waals surface area (Å²) in [7, 11) is -3.43. The largest absolute Gasteiger partial charge is 0.465 e. The number of amides is 1. The monoisotopic (exact) mass is 271 g/mol. The van der Waals surface area contributed by atoms with Gasteiger partial charge in [0.05, 0.1) is 16.3 Å². The standard InChI is InChI=1S/C12H17NO4S/c1-2-3-6-9-18(16,17)11-8-5-4-7-10(11)13-12(14)15/h4-5,7-8,13H,2-3,6,9H2,1H3,(H,14,15). The van der Waals surface area contributed by atoms with E-state index in [-0.39, 0.29) is 16.3 Å². The van der Waals surface area contributed by atoms with E-state index >= 15 is 0 Å². The maximum Gasteiger partial charge on any atom is 0.409 e. The number of unbranched alkanes of at least 4 members (excludes halogenated alkanes) is 2. The third-order valence-corrected chi connectivity index (χ3v) is 4.33. The van der Waals surface area contributed by atoms with Crippen molar-refractivity contribution in [1.29, 1.82) is 0 Å². The van der Waals surface area contributed by atoms with Crippen molar-refractivity contribution in [2.75, 3.05) is 11.1 Å². The van der Waals surface area contributed by atoms with E-state index in [1.54, 1.807) is 12.1 Å². The summed E-state index contributed by atoms with van der Waals surface area (Å²) in [4.78, 5) is 10.6. The number of sulfone groups is 1. The first-order valence-corrected chi connectivity index (χ1v) is 7.44. The molecule has 1 aromatic rings. The lowest BCUT2D eigenvalue weighted by atomic mass is 10.3. The second kappa shape index (κ2) is 6.39.